The van der Waals surface area contributed by atoms with Crippen LogP contribution in [0.4, 0.5) is 0 Å². The van der Waals surface area contributed by atoms with E-state index in [4.69, 9.17) is 9.47 Å². The van der Waals surface area contributed by atoms with Crippen molar-refractivity contribution in [2.75, 3.05) is 26.3 Å². The van der Waals surface area contributed by atoms with Crippen LogP contribution in [0.2, 0.25) is 0 Å². The van der Waals surface area contributed by atoms with Crippen LogP contribution < -0.4 is 4.72 Å². The lowest BCUT2D eigenvalue weighted by Crippen LogP contribution is -2.29. The molecule has 1 aromatic rings. The fraction of sp³-hybridized carbons (Fsp3) is 0.538. The number of rotatable bonds is 9. The highest BCUT2D eigenvalue weighted by Gasteiger charge is 2.16. The number of hydrogen-bond acceptors (Lipinski definition) is 4. The zero-order chi connectivity index (χ0) is 15.0. The number of benzene rings is 1. The van der Waals surface area contributed by atoms with Gasteiger partial charge in [0.25, 0.3) is 0 Å². The SMILES string of the molecule is COCOCCCS(=O)(=O)N[C@H](C)c1ccccc1Br. The average molecular weight is 366 g/mol. The third-order valence-corrected chi connectivity index (χ3v) is 4.89. The first-order valence-electron chi connectivity index (χ1n) is 6.27. The summed E-state index contributed by atoms with van der Waals surface area (Å²) in [4.78, 5) is 0. The van der Waals surface area contributed by atoms with E-state index >= 15 is 0 Å². The summed E-state index contributed by atoms with van der Waals surface area (Å²) in [6.07, 6.45) is 0.432. The lowest BCUT2D eigenvalue weighted by atomic mass is 10.1. The van der Waals surface area contributed by atoms with Crippen LogP contribution in [-0.4, -0.2) is 34.7 Å². The van der Waals surface area contributed by atoms with Crippen LogP contribution in [0.15, 0.2) is 28.7 Å². The molecule has 0 aliphatic carbocycles. The van der Waals surface area contributed by atoms with E-state index < -0.39 is 10.0 Å². The van der Waals surface area contributed by atoms with Crippen LogP contribution in [0.3, 0.4) is 0 Å². The summed E-state index contributed by atoms with van der Waals surface area (Å²) in [7, 11) is -1.80. The molecule has 0 bridgehead atoms. The molecule has 1 atom stereocenters. The minimum Gasteiger partial charge on any atom is -0.359 e. The number of methoxy groups -OCH3 is 1. The van der Waals surface area contributed by atoms with Crippen molar-refractivity contribution >= 4 is 26.0 Å². The average Bonchev–Trinajstić information content (AvgIpc) is 2.38. The molecule has 0 saturated carbocycles. The number of sulfonamides is 1. The van der Waals surface area contributed by atoms with E-state index in [0.717, 1.165) is 10.0 Å². The van der Waals surface area contributed by atoms with Gasteiger partial charge in [0.1, 0.15) is 6.79 Å². The first-order valence-corrected chi connectivity index (χ1v) is 8.72. The Morgan fingerprint density at radius 2 is 2.05 bits per heavy atom. The largest absolute Gasteiger partial charge is 0.359 e. The fourth-order valence-electron chi connectivity index (χ4n) is 1.71. The molecule has 0 fully saturated rings. The van der Waals surface area contributed by atoms with E-state index in [1.807, 2.05) is 31.2 Å². The molecule has 1 aromatic carbocycles. The highest BCUT2D eigenvalue weighted by atomic mass is 79.9. The Morgan fingerprint density at radius 3 is 2.70 bits per heavy atom. The monoisotopic (exact) mass is 365 g/mol. The topological polar surface area (TPSA) is 64.6 Å². The van der Waals surface area contributed by atoms with Gasteiger partial charge in [-0.2, -0.15) is 0 Å². The standard InChI is InChI=1S/C13H20BrNO4S/c1-11(12-6-3-4-7-13(12)14)15-20(16,17)9-5-8-19-10-18-2/h3-4,6-7,11,15H,5,8-10H2,1-2H3/t11-/m1/s1. The van der Waals surface area contributed by atoms with Gasteiger partial charge in [0, 0.05) is 17.6 Å². The molecule has 7 heteroatoms. The van der Waals surface area contributed by atoms with Gasteiger partial charge >= 0.3 is 0 Å². The molecule has 20 heavy (non-hydrogen) atoms. The molecule has 0 aliphatic heterocycles. The Hall–Kier alpha value is -0.470. The highest BCUT2D eigenvalue weighted by Crippen LogP contribution is 2.23. The van der Waals surface area contributed by atoms with Crippen molar-refractivity contribution in [3.05, 3.63) is 34.3 Å². The van der Waals surface area contributed by atoms with Gasteiger partial charge in [-0.25, -0.2) is 13.1 Å². The predicted molar refractivity (Wildman–Crippen MR) is 81.9 cm³/mol. The molecule has 0 saturated heterocycles. The first-order chi connectivity index (χ1) is 9.46. The molecule has 114 valence electrons. The molecule has 1 N–H and O–H groups in total. The van der Waals surface area contributed by atoms with E-state index in [1.54, 1.807) is 0 Å². The third-order valence-electron chi connectivity index (χ3n) is 2.63. The lowest BCUT2D eigenvalue weighted by Gasteiger charge is -2.16. The van der Waals surface area contributed by atoms with Crippen LogP contribution in [-0.2, 0) is 19.5 Å². The molecule has 0 radical (unpaired) electrons. The van der Waals surface area contributed by atoms with Gasteiger partial charge < -0.3 is 9.47 Å². The summed E-state index contributed by atoms with van der Waals surface area (Å²) >= 11 is 3.42. The minimum absolute atomic E-state index is 0.0332. The van der Waals surface area contributed by atoms with Crippen LogP contribution in [0.5, 0.6) is 0 Å². The second-order valence-corrected chi connectivity index (χ2v) is 7.08. The van der Waals surface area contributed by atoms with Crippen molar-refractivity contribution in [3.8, 4) is 0 Å². The molecular weight excluding hydrogens is 346 g/mol. The fourth-order valence-corrected chi connectivity index (χ4v) is 3.62. The van der Waals surface area contributed by atoms with Gasteiger partial charge in [-0.15, -0.1) is 0 Å². The summed E-state index contributed by atoms with van der Waals surface area (Å²) < 4.78 is 37.2. The number of halogens is 1. The molecule has 0 heterocycles. The molecule has 0 aliphatic rings. The van der Waals surface area contributed by atoms with E-state index in [-0.39, 0.29) is 18.6 Å². The van der Waals surface area contributed by atoms with Crippen molar-refractivity contribution in [1.29, 1.82) is 0 Å². The molecule has 0 amide bonds. The quantitative estimate of drug-likeness (QED) is 0.539. The van der Waals surface area contributed by atoms with Crippen LogP contribution >= 0.6 is 15.9 Å². The van der Waals surface area contributed by atoms with E-state index in [0.29, 0.717) is 13.0 Å². The summed E-state index contributed by atoms with van der Waals surface area (Å²) in [5.74, 6) is 0.0332. The van der Waals surface area contributed by atoms with Gasteiger partial charge in [-0.05, 0) is 25.0 Å². The molecule has 5 nitrogen and oxygen atoms in total. The van der Waals surface area contributed by atoms with Crippen LogP contribution in [0, 0.1) is 0 Å². The van der Waals surface area contributed by atoms with Gasteiger partial charge in [0.2, 0.25) is 10.0 Å². The van der Waals surface area contributed by atoms with E-state index in [1.165, 1.54) is 7.11 Å². The van der Waals surface area contributed by atoms with Gasteiger partial charge in [0.05, 0.1) is 12.4 Å². The Labute approximate surface area is 128 Å². The molecule has 1 rings (SSSR count). The molecular formula is C13H20BrNO4S. The van der Waals surface area contributed by atoms with Crippen molar-refractivity contribution in [3.63, 3.8) is 0 Å². The van der Waals surface area contributed by atoms with Gasteiger partial charge in [-0.3, -0.25) is 0 Å². The molecule has 0 unspecified atom stereocenters. The summed E-state index contributed by atoms with van der Waals surface area (Å²) in [5.41, 5.74) is 0.909. The van der Waals surface area contributed by atoms with E-state index in [9.17, 15) is 8.42 Å². The van der Waals surface area contributed by atoms with Crippen LogP contribution in [0.1, 0.15) is 24.9 Å². The van der Waals surface area contributed by atoms with E-state index in [2.05, 4.69) is 20.7 Å². The predicted octanol–water partition coefficient (Wildman–Crippen LogP) is 2.44. The Kier molecular flexibility index (Phi) is 7.68. The zero-order valence-corrected chi connectivity index (χ0v) is 14.0. The summed E-state index contributed by atoms with van der Waals surface area (Å²) in [5, 5.41) is 0. The Bertz CT molecular complexity index is 507. The third kappa shape index (κ3) is 6.32. The van der Waals surface area contributed by atoms with Crippen molar-refractivity contribution in [2.45, 2.75) is 19.4 Å². The van der Waals surface area contributed by atoms with Crippen molar-refractivity contribution in [2.24, 2.45) is 0 Å². The minimum atomic E-state index is -3.32. The molecule has 0 aromatic heterocycles. The van der Waals surface area contributed by atoms with Gasteiger partial charge in [-0.1, -0.05) is 34.1 Å². The summed E-state index contributed by atoms with van der Waals surface area (Å²) in [6.45, 7) is 2.36. The zero-order valence-electron chi connectivity index (χ0n) is 11.6. The smallest absolute Gasteiger partial charge is 0.212 e. The highest BCUT2D eigenvalue weighted by molar-refractivity contribution is 9.10. The maximum absolute atomic E-state index is 11.9. The first kappa shape index (κ1) is 17.6. The van der Waals surface area contributed by atoms with Crippen molar-refractivity contribution in [1.82, 2.24) is 4.72 Å². The maximum atomic E-state index is 11.9. The van der Waals surface area contributed by atoms with Crippen LogP contribution in [0.25, 0.3) is 0 Å². The lowest BCUT2D eigenvalue weighted by molar-refractivity contribution is -0.0298. The Balaban J connectivity index is 2.47. The second-order valence-electron chi connectivity index (χ2n) is 4.35. The second kappa shape index (κ2) is 8.74. The van der Waals surface area contributed by atoms with Crippen molar-refractivity contribution < 1.29 is 17.9 Å². The van der Waals surface area contributed by atoms with Gasteiger partial charge in [0.15, 0.2) is 0 Å². The summed E-state index contributed by atoms with van der Waals surface area (Å²) in [6, 6.07) is 7.26. The molecule has 0 spiro atoms. The normalized spacial score (nSPS) is 13.3. The maximum Gasteiger partial charge on any atom is 0.212 e. The number of hydrogen-bond donors (Lipinski definition) is 1. The number of ether oxygens (including phenoxy) is 2. The number of nitrogens with one attached hydrogen (secondary N) is 1. The Morgan fingerprint density at radius 1 is 1.35 bits per heavy atom.